The second-order valence-corrected chi connectivity index (χ2v) is 7.71. The maximum absolute atomic E-state index is 13.0. The summed E-state index contributed by atoms with van der Waals surface area (Å²) in [6, 6.07) is 26.1. The number of benzene rings is 3. The number of ether oxygens (including phenoxy) is 1. The van der Waals surface area contributed by atoms with Crippen LogP contribution < -0.4 is 0 Å². The highest BCUT2D eigenvalue weighted by atomic mass is 16.6. The van der Waals surface area contributed by atoms with Crippen molar-refractivity contribution in [3.05, 3.63) is 95.6 Å². The summed E-state index contributed by atoms with van der Waals surface area (Å²) in [6.07, 6.45) is -0.0231. The Bertz CT molecular complexity index is 1020. The maximum atomic E-state index is 13.0. The molecule has 0 atom stereocenters. The lowest BCUT2D eigenvalue weighted by Gasteiger charge is -2.23. The zero-order chi connectivity index (χ0) is 21.6. The molecule has 4 rings (SSSR count). The van der Waals surface area contributed by atoms with E-state index in [1.165, 1.54) is 11.1 Å². The third-order valence-electron chi connectivity index (χ3n) is 5.63. The van der Waals surface area contributed by atoms with Crippen molar-refractivity contribution >= 4 is 12.1 Å². The number of rotatable bonds is 8. The van der Waals surface area contributed by atoms with Gasteiger partial charge in [-0.25, -0.2) is 4.79 Å². The second-order valence-electron chi connectivity index (χ2n) is 7.71. The molecule has 0 saturated heterocycles. The predicted molar refractivity (Wildman–Crippen MR) is 119 cm³/mol. The van der Waals surface area contributed by atoms with E-state index in [1.807, 2.05) is 54.6 Å². The molecule has 0 aliphatic heterocycles. The van der Waals surface area contributed by atoms with Crippen molar-refractivity contribution in [1.29, 1.82) is 0 Å². The zero-order valence-electron chi connectivity index (χ0n) is 17.2. The van der Waals surface area contributed by atoms with E-state index in [-0.39, 0.29) is 18.9 Å². The van der Waals surface area contributed by atoms with E-state index in [4.69, 9.17) is 9.84 Å². The second kappa shape index (κ2) is 9.47. The fraction of sp³-hybridized carbons (Fsp3) is 0.231. The first-order chi connectivity index (χ1) is 15.1. The molecule has 1 aliphatic carbocycles. The Balaban J connectivity index is 1.47. The lowest BCUT2D eigenvalue weighted by molar-refractivity contribution is -0.137. The number of hydrogen-bond acceptors (Lipinski definition) is 3. The number of fused-ring (bicyclic) bond motifs is 3. The summed E-state index contributed by atoms with van der Waals surface area (Å²) in [4.78, 5) is 25.5. The Kier molecular flexibility index (Phi) is 6.32. The average Bonchev–Trinajstić information content (AvgIpc) is 3.11. The number of carbonyl (C=O) groups is 2. The van der Waals surface area contributed by atoms with Crippen LogP contribution in [0.1, 0.15) is 35.4 Å². The van der Waals surface area contributed by atoms with Gasteiger partial charge < -0.3 is 14.7 Å². The molecule has 0 spiro atoms. The third kappa shape index (κ3) is 4.77. The van der Waals surface area contributed by atoms with Gasteiger partial charge in [-0.05, 0) is 34.2 Å². The first-order valence-electron chi connectivity index (χ1n) is 10.5. The summed E-state index contributed by atoms with van der Waals surface area (Å²) >= 11 is 0. The Hall–Kier alpha value is -3.60. The van der Waals surface area contributed by atoms with Crippen molar-refractivity contribution in [2.75, 3.05) is 13.2 Å². The lowest BCUT2D eigenvalue weighted by Crippen LogP contribution is -2.33. The SMILES string of the molecule is O=C(O)CCCN(Cc1ccccc1)C(=O)OCC1c2ccccc2-c2ccccc21. The van der Waals surface area contributed by atoms with E-state index in [0.717, 1.165) is 16.7 Å². The maximum Gasteiger partial charge on any atom is 0.410 e. The van der Waals surface area contributed by atoms with Crippen molar-refractivity contribution in [2.45, 2.75) is 25.3 Å². The van der Waals surface area contributed by atoms with Gasteiger partial charge in [-0.2, -0.15) is 0 Å². The first kappa shape index (κ1) is 20.7. The minimum Gasteiger partial charge on any atom is -0.481 e. The summed E-state index contributed by atoms with van der Waals surface area (Å²) < 4.78 is 5.77. The van der Waals surface area contributed by atoms with E-state index in [1.54, 1.807) is 4.90 Å². The molecule has 0 unspecified atom stereocenters. The third-order valence-corrected chi connectivity index (χ3v) is 5.63. The summed E-state index contributed by atoms with van der Waals surface area (Å²) in [7, 11) is 0. The smallest absolute Gasteiger partial charge is 0.410 e. The fourth-order valence-electron chi connectivity index (χ4n) is 4.15. The fourth-order valence-corrected chi connectivity index (χ4v) is 4.15. The zero-order valence-corrected chi connectivity index (χ0v) is 17.2. The summed E-state index contributed by atoms with van der Waals surface area (Å²) in [5.41, 5.74) is 5.67. The molecule has 5 heteroatoms. The van der Waals surface area contributed by atoms with Crippen LogP contribution in [0.25, 0.3) is 11.1 Å². The van der Waals surface area contributed by atoms with Crippen LogP contribution in [0.3, 0.4) is 0 Å². The number of amides is 1. The molecular weight excluding hydrogens is 390 g/mol. The van der Waals surface area contributed by atoms with Gasteiger partial charge in [0.15, 0.2) is 0 Å². The number of carboxylic acid groups (broad SMARTS) is 1. The molecule has 158 valence electrons. The number of carboxylic acids is 1. The molecule has 3 aromatic carbocycles. The van der Waals surface area contributed by atoms with E-state index in [0.29, 0.717) is 19.5 Å². The molecule has 0 saturated carbocycles. The van der Waals surface area contributed by atoms with Crippen LogP contribution in [-0.2, 0) is 16.1 Å². The largest absolute Gasteiger partial charge is 0.481 e. The van der Waals surface area contributed by atoms with Crippen LogP contribution in [0.2, 0.25) is 0 Å². The number of hydrogen-bond donors (Lipinski definition) is 1. The van der Waals surface area contributed by atoms with Gasteiger partial charge in [0.2, 0.25) is 0 Å². The van der Waals surface area contributed by atoms with Gasteiger partial charge in [0.05, 0.1) is 0 Å². The van der Waals surface area contributed by atoms with Crippen LogP contribution in [-0.4, -0.2) is 35.2 Å². The first-order valence-corrected chi connectivity index (χ1v) is 10.5. The molecule has 0 aromatic heterocycles. The molecule has 0 fully saturated rings. The number of carbonyl (C=O) groups excluding carboxylic acids is 1. The molecule has 1 N–H and O–H groups in total. The highest BCUT2D eigenvalue weighted by molar-refractivity contribution is 5.79. The molecular formula is C26H25NO4. The van der Waals surface area contributed by atoms with Crippen molar-refractivity contribution in [3.63, 3.8) is 0 Å². The Morgan fingerprint density at radius 2 is 1.42 bits per heavy atom. The van der Waals surface area contributed by atoms with Crippen molar-refractivity contribution < 1.29 is 19.4 Å². The molecule has 31 heavy (non-hydrogen) atoms. The van der Waals surface area contributed by atoms with Gasteiger partial charge in [-0.1, -0.05) is 78.9 Å². The summed E-state index contributed by atoms with van der Waals surface area (Å²) in [6.45, 7) is 0.964. The highest BCUT2D eigenvalue weighted by Crippen LogP contribution is 2.44. The van der Waals surface area contributed by atoms with Gasteiger partial charge in [-0.3, -0.25) is 4.79 Å². The number of aliphatic carboxylic acids is 1. The topological polar surface area (TPSA) is 66.8 Å². The van der Waals surface area contributed by atoms with Gasteiger partial charge in [0.25, 0.3) is 0 Å². The normalized spacial score (nSPS) is 12.1. The van der Waals surface area contributed by atoms with Crippen molar-refractivity contribution in [2.24, 2.45) is 0 Å². The van der Waals surface area contributed by atoms with E-state index in [2.05, 4.69) is 24.3 Å². The molecule has 1 amide bonds. The molecule has 1 aliphatic rings. The van der Waals surface area contributed by atoms with Gasteiger partial charge in [0.1, 0.15) is 6.61 Å². The Morgan fingerprint density at radius 1 is 0.839 bits per heavy atom. The molecule has 0 radical (unpaired) electrons. The summed E-state index contributed by atoms with van der Waals surface area (Å²) in [5.74, 6) is -0.874. The van der Waals surface area contributed by atoms with Crippen molar-refractivity contribution in [3.8, 4) is 11.1 Å². The van der Waals surface area contributed by atoms with Crippen molar-refractivity contribution in [1.82, 2.24) is 4.90 Å². The molecule has 0 heterocycles. The van der Waals surface area contributed by atoms with Gasteiger partial charge >= 0.3 is 12.1 Å². The average molecular weight is 415 g/mol. The van der Waals surface area contributed by atoms with Crippen LogP contribution in [0.5, 0.6) is 0 Å². The monoisotopic (exact) mass is 415 g/mol. The molecule has 0 bridgehead atoms. The number of nitrogens with zero attached hydrogens (tertiary/aromatic N) is 1. The predicted octanol–water partition coefficient (Wildman–Crippen LogP) is 5.30. The minimum atomic E-state index is -0.868. The van der Waals surface area contributed by atoms with Gasteiger partial charge in [0, 0.05) is 25.4 Å². The Labute approximate surface area is 181 Å². The van der Waals surface area contributed by atoms with Crippen LogP contribution in [0.15, 0.2) is 78.9 Å². The standard InChI is InChI=1S/C26H25NO4/c28-25(29)15-8-16-27(17-19-9-2-1-3-10-19)26(30)31-18-24-22-13-6-4-11-20(22)21-12-5-7-14-23(21)24/h1-7,9-14,24H,8,15-18H2,(H,28,29). The van der Waals surface area contributed by atoms with Crippen LogP contribution in [0, 0.1) is 0 Å². The highest BCUT2D eigenvalue weighted by Gasteiger charge is 2.29. The lowest BCUT2D eigenvalue weighted by atomic mass is 9.98. The minimum absolute atomic E-state index is 0.00561. The van der Waals surface area contributed by atoms with E-state index >= 15 is 0 Å². The van der Waals surface area contributed by atoms with Crippen LogP contribution >= 0.6 is 0 Å². The summed E-state index contributed by atoms with van der Waals surface area (Å²) in [5, 5.41) is 8.95. The molecule has 5 nitrogen and oxygen atoms in total. The Morgan fingerprint density at radius 3 is 2.03 bits per heavy atom. The van der Waals surface area contributed by atoms with Crippen LogP contribution in [0.4, 0.5) is 4.79 Å². The van der Waals surface area contributed by atoms with E-state index in [9.17, 15) is 9.59 Å². The molecule has 3 aromatic rings. The quantitative estimate of drug-likeness (QED) is 0.542. The van der Waals surface area contributed by atoms with E-state index < -0.39 is 12.1 Å². The van der Waals surface area contributed by atoms with Gasteiger partial charge in [-0.15, -0.1) is 0 Å².